The van der Waals surface area contributed by atoms with Crippen LogP contribution in [0.3, 0.4) is 0 Å². The molecule has 0 spiro atoms. The summed E-state index contributed by atoms with van der Waals surface area (Å²) in [6.07, 6.45) is 0. The van der Waals surface area contributed by atoms with Crippen LogP contribution in [0.25, 0.3) is 0 Å². The molecule has 0 aromatic heterocycles. The summed E-state index contributed by atoms with van der Waals surface area (Å²) in [5.74, 6) is -0.300. The molecular weight excluding hydrogens is 395 g/mol. The third-order valence-corrected chi connectivity index (χ3v) is 6.09. The average molecular weight is 415 g/mol. The summed E-state index contributed by atoms with van der Waals surface area (Å²) in [6, 6.07) is 12.4. The van der Waals surface area contributed by atoms with E-state index >= 15 is 0 Å². The van der Waals surface area contributed by atoms with Crippen LogP contribution in [-0.2, 0) is 14.8 Å². The summed E-state index contributed by atoms with van der Waals surface area (Å²) in [5, 5.41) is 0.576. The summed E-state index contributed by atoms with van der Waals surface area (Å²) >= 11 is 12.1. The number of sulfonamides is 1. The van der Waals surface area contributed by atoms with Gasteiger partial charge in [0.2, 0.25) is 5.91 Å². The molecule has 0 N–H and O–H groups in total. The van der Waals surface area contributed by atoms with Crippen LogP contribution >= 0.6 is 23.2 Å². The van der Waals surface area contributed by atoms with E-state index in [1.807, 2.05) is 13.8 Å². The minimum absolute atomic E-state index is 0.0865. The highest BCUT2D eigenvalue weighted by molar-refractivity contribution is 7.92. The van der Waals surface area contributed by atoms with Crippen molar-refractivity contribution in [3.8, 4) is 0 Å². The van der Waals surface area contributed by atoms with Crippen molar-refractivity contribution < 1.29 is 13.2 Å². The zero-order valence-electron chi connectivity index (χ0n) is 14.5. The Morgan fingerprint density at radius 2 is 1.50 bits per heavy atom. The van der Waals surface area contributed by atoms with Gasteiger partial charge in [-0.3, -0.25) is 9.10 Å². The summed E-state index contributed by atoms with van der Waals surface area (Å²) in [7, 11) is -3.96. The minimum Gasteiger partial charge on any atom is -0.342 e. The first-order valence-corrected chi connectivity index (χ1v) is 10.3. The van der Waals surface area contributed by atoms with Crippen molar-refractivity contribution >= 4 is 44.8 Å². The lowest BCUT2D eigenvalue weighted by Crippen LogP contribution is -2.43. The summed E-state index contributed by atoms with van der Waals surface area (Å²) in [4.78, 5) is 14.2. The van der Waals surface area contributed by atoms with Crippen molar-refractivity contribution in [2.45, 2.75) is 18.7 Å². The largest absolute Gasteiger partial charge is 0.342 e. The number of likely N-dealkylation sites (N-methyl/N-ethyl adjacent to an activating group) is 1. The van der Waals surface area contributed by atoms with Crippen LogP contribution in [-0.4, -0.2) is 38.9 Å². The molecule has 2 rings (SSSR count). The molecule has 0 fully saturated rings. The predicted octanol–water partition coefficient (Wildman–Crippen LogP) is 4.06. The molecule has 140 valence electrons. The van der Waals surface area contributed by atoms with E-state index in [1.165, 1.54) is 30.3 Å². The highest BCUT2D eigenvalue weighted by Gasteiger charge is 2.28. The Morgan fingerprint density at radius 1 is 0.962 bits per heavy atom. The molecule has 0 aliphatic carbocycles. The van der Waals surface area contributed by atoms with Crippen LogP contribution in [0.4, 0.5) is 5.69 Å². The maximum atomic E-state index is 13.2. The zero-order valence-corrected chi connectivity index (χ0v) is 16.9. The molecule has 0 aliphatic heterocycles. The van der Waals surface area contributed by atoms with Gasteiger partial charge in [-0.25, -0.2) is 8.42 Å². The lowest BCUT2D eigenvalue weighted by atomic mass is 10.3. The standard InChI is InChI=1S/C18H20Cl2N2O3S/c1-3-21(4-2)18(23)13-22(16-11-14(19)10-15(20)12-16)26(24,25)17-8-6-5-7-9-17/h5-12H,3-4,13H2,1-2H3. The first kappa shape index (κ1) is 20.6. The van der Waals surface area contributed by atoms with Crippen LogP contribution < -0.4 is 4.31 Å². The molecule has 0 bridgehead atoms. The molecule has 0 unspecified atom stereocenters. The second-order valence-electron chi connectivity index (χ2n) is 5.52. The van der Waals surface area contributed by atoms with Crippen LogP contribution in [0.15, 0.2) is 53.4 Å². The average Bonchev–Trinajstić information content (AvgIpc) is 2.60. The van der Waals surface area contributed by atoms with Gasteiger partial charge in [0.05, 0.1) is 10.6 Å². The molecule has 0 atom stereocenters. The van der Waals surface area contributed by atoms with Crippen molar-refractivity contribution in [3.63, 3.8) is 0 Å². The van der Waals surface area contributed by atoms with Gasteiger partial charge in [-0.2, -0.15) is 0 Å². The number of amides is 1. The van der Waals surface area contributed by atoms with E-state index in [1.54, 1.807) is 23.1 Å². The van der Waals surface area contributed by atoms with Gasteiger partial charge >= 0.3 is 0 Å². The second kappa shape index (κ2) is 8.75. The van der Waals surface area contributed by atoms with E-state index < -0.39 is 10.0 Å². The van der Waals surface area contributed by atoms with Gasteiger partial charge in [0, 0.05) is 23.1 Å². The Kier molecular flexibility index (Phi) is 6.92. The van der Waals surface area contributed by atoms with E-state index in [4.69, 9.17) is 23.2 Å². The SMILES string of the molecule is CCN(CC)C(=O)CN(c1cc(Cl)cc(Cl)c1)S(=O)(=O)c1ccccc1. The predicted molar refractivity (Wildman–Crippen MR) is 105 cm³/mol. The monoisotopic (exact) mass is 414 g/mol. The number of benzene rings is 2. The first-order valence-electron chi connectivity index (χ1n) is 8.11. The quantitative estimate of drug-likeness (QED) is 0.686. The van der Waals surface area contributed by atoms with Crippen LogP contribution in [0.5, 0.6) is 0 Å². The zero-order chi connectivity index (χ0) is 19.3. The Labute approximate surface area is 164 Å². The Hall–Kier alpha value is -1.76. The van der Waals surface area contributed by atoms with Gasteiger partial charge in [0.15, 0.2) is 0 Å². The second-order valence-corrected chi connectivity index (χ2v) is 8.25. The topological polar surface area (TPSA) is 57.7 Å². The van der Waals surface area contributed by atoms with Gasteiger partial charge in [-0.05, 0) is 44.2 Å². The van der Waals surface area contributed by atoms with Crippen molar-refractivity contribution in [2.24, 2.45) is 0 Å². The maximum absolute atomic E-state index is 13.2. The van der Waals surface area contributed by atoms with E-state index in [0.29, 0.717) is 13.1 Å². The van der Waals surface area contributed by atoms with Crippen molar-refractivity contribution in [3.05, 3.63) is 58.6 Å². The van der Waals surface area contributed by atoms with E-state index in [-0.39, 0.29) is 33.1 Å². The van der Waals surface area contributed by atoms with Gasteiger partial charge in [-0.15, -0.1) is 0 Å². The van der Waals surface area contributed by atoms with Crippen LogP contribution in [0, 0.1) is 0 Å². The number of hydrogen-bond donors (Lipinski definition) is 0. The Balaban J connectivity index is 2.53. The maximum Gasteiger partial charge on any atom is 0.264 e. The minimum atomic E-state index is -3.96. The smallest absolute Gasteiger partial charge is 0.264 e. The van der Waals surface area contributed by atoms with E-state index in [9.17, 15) is 13.2 Å². The number of rotatable bonds is 7. The molecule has 5 nitrogen and oxygen atoms in total. The summed E-state index contributed by atoms with van der Waals surface area (Å²) in [5.41, 5.74) is 0.242. The number of hydrogen-bond acceptors (Lipinski definition) is 3. The molecule has 1 amide bonds. The van der Waals surface area contributed by atoms with Crippen molar-refractivity contribution in [1.82, 2.24) is 4.90 Å². The fourth-order valence-electron chi connectivity index (χ4n) is 2.52. The Bertz CT molecular complexity index is 849. The lowest BCUT2D eigenvalue weighted by molar-refractivity contribution is -0.129. The Morgan fingerprint density at radius 3 is 2.00 bits per heavy atom. The molecule has 0 radical (unpaired) electrons. The number of carbonyl (C=O) groups is 1. The van der Waals surface area contributed by atoms with Crippen LogP contribution in [0.2, 0.25) is 10.0 Å². The molecule has 0 saturated carbocycles. The molecule has 26 heavy (non-hydrogen) atoms. The van der Waals surface area contributed by atoms with Crippen molar-refractivity contribution in [1.29, 1.82) is 0 Å². The molecule has 0 heterocycles. The van der Waals surface area contributed by atoms with Crippen LogP contribution in [0.1, 0.15) is 13.8 Å². The summed E-state index contributed by atoms with van der Waals surface area (Å²) < 4.78 is 27.4. The lowest BCUT2D eigenvalue weighted by Gasteiger charge is -2.27. The normalized spacial score (nSPS) is 11.2. The summed E-state index contributed by atoms with van der Waals surface area (Å²) in [6.45, 7) is 4.33. The fraction of sp³-hybridized carbons (Fsp3) is 0.278. The highest BCUT2D eigenvalue weighted by atomic mass is 35.5. The molecule has 2 aromatic carbocycles. The molecular formula is C18H20Cl2N2O3S. The van der Waals surface area contributed by atoms with Gasteiger partial charge < -0.3 is 4.90 Å². The molecule has 8 heteroatoms. The van der Waals surface area contributed by atoms with E-state index in [2.05, 4.69) is 0 Å². The van der Waals surface area contributed by atoms with Gasteiger partial charge in [-0.1, -0.05) is 41.4 Å². The van der Waals surface area contributed by atoms with Crippen molar-refractivity contribution in [2.75, 3.05) is 23.9 Å². The third kappa shape index (κ3) is 4.69. The first-order chi connectivity index (χ1) is 12.3. The number of carbonyl (C=O) groups excluding carboxylic acids is 1. The number of halogens is 2. The molecule has 0 aliphatic rings. The van der Waals surface area contributed by atoms with Gasteiger partial charge in [0.1, 0.15) is 6.54 Å². The third-order valence-electron chi connectivity index (χ3n) is 3.86. The number of anilines is 1. The van der Waals surface area contributed by atoms with Gasteiger partial charge in [0.25, 0.3) is 10.0 Å². The number of nitrogens with zero attached hydrogens (tertiary/aromatic N) is 2. The molecule has 0 saturated heterocycles. The highest BCUT2D eigenvalue weighted by Crippen LogP contribution is 2.29. The van der Waals surface area contributed by atoms with E-state index in [0.717, 1.165) is 4.31 Å². The fourth-order valence-corrected chi connectivity index (χ4v) is 4.45. The molecule has 2 aromatic rings.